The molecular formula is C12H18N2OS. The average molecular weight is 238 g/mol. The van der Waals surface area contributed by atoms with Gasteiger partial charge in [0.1, 0.15) is 0 Å². The summed E-state index contributed by atoms with van der Waals surface area (Å²) in [5.41, 5.74) is -0.250. The van der Waals surface area contributed by atoms with E-state index in [-0.39, 0.29) is 5.54 Å². The number of carbonyl (C=O) groups is 1. The number of hydrogen-bond acceptors (Lipinski definition) is 4. The largest absolute Gasteiger partial charge is 0.305 e. The van der Waals surface area contributed by atoms with Gasteiger partial charge in [-0.3, -0.25) is 4.79 Å². The van der Waals surface area contributed by atoms with E-state index in [9.17, 15) is 4.79 Å². The van der Waals surface area contributed by atoms with E-state index in [1.807, 2.05) is 5.38 Å². The second-order valence-corrected chi connectivity index (χ2v) is 5.37. The molecule has 1 aromatic rings. The summed E-state index contributed by atoms with van der Waals surface area (Å²) in [5.74, 6) is 0.321. The van der Waals surface area contributed by atoms with Crippen LogP contribution in [-0.4, -0.2) is 22.9 Å². The monoisotopic (exact) mass is 238 g/mol. The molecule has 1 aromatic heterocycles. The van der Waals surface area contributed by atoms with Crippen LogP contribution in [0.25, 0.3) is 0 Å². The molecule has 1 fully saturated rings. The predicted molar refractivity (Wildman–Crippen MR) is 65.7 cm³/mol. The van der Waals surface area contributed by atoms with Gasteiger partial charge in [-0.2, -0.15) is 0 Å². The SMILES string of the molecule is CCCC1(C(=O)Cc2nccs2)CCCN1. The normalized spacial score (nSPS) is 24.8. The van der Waals surface area contributed by atoms with Crippen LogP contribution >= 0.6 is 11.3 Å². The summed E-state index contributed by atoms with van der Waals surface area (Å²) in [5, 5.41) is 6.28. The highest BCUT2D eigenvalue weighted by Crippen LogP contribution is 2.27. The van der Waals surface area contributed by atoms with Crippen LogP contribution < -0.4 is 5.32 Å². The van der Waals surface area contributed by atoms with E-state index in [2.05, 4.69) is 17.2 Å². The van der Waals surface area contributed by atoms with Gasteiger partial charge in [0.15, 0.2) is 5.78 Å². The van der Waals surface area contributed by atoms with Crippen molar-refractivity contribution >= 4 is 17.1 Å². The Bertz CT molecular complexity index is 342. The molecule has 4 heteroatoms. The maximum atomic E-state index is 12.3. The minimum absolute atomic E-state index is 0.250. The van der Waals surface area contributed by atoms with Gasteiger partial charge in [0.25, 0.3) is 0 Å². The zero-order chi connectivity index (χ0) is 11.4. The number of thiazole rings is 1. The van der Waals surface area contributed by atoms with Gasteiger partial charge in [0.2, 0.25) is 0 Å². The van der Waals surface area contributed by atoms with Crippen molar-refractivity contribution in [1.29, 1.82) is 0 Å². The maximum Gasteiger partial charge on any atom is 0.159 e. The van der Waals surface area contributed by atoms with Crippen molar-refractivity contribution in [2.75, 3.05) is 6.54 Å². The molecule has 0 radical (unpaired) electrons. The lowest BCUT2D eigenvalue weighted by atomic mass is 9.86. The standard InChI is InChI=1S/C12H18N2OS/c1-2-4-12(5-3-6-14-12)10(15)9-11-13-7-8-16-11/h7-8,14H,2-6,9H2,1H3. The predicted octanol–water partition coefficient (Wildman–Crippen LogP) is 2.18. The quantitative estimate of drug-likeness (QED) is 0.855. The van der Waals surface area contributed by atoms with Gasteiger partial charge in [-0.05, 0) is 25.8 Å². The highest BCUT2D eigenvalue weighted by molar-refractivity contribution is 7.09. The summed E-state index contributed by atoms with van der Waals surface area (Å²) >= 11 is 1.57. The molecule has 0 bridgehead atoms. The van der Waals surface area contributed by atoms with Gasteiger partial charge in [-0.25, -0.2) is 4.98 Å². The number of rotatable bonds is 5. The highest BCUT2D eigenvalue weighted by atomic mass is 32.1. The van der Waals surface area contributed by atoms with Gasteiger partial charge in [-0.15, -0.1) is 11.3 Å². The molecule has 1 aliphatic heterocycles. The lowest BCUT2D eigenvalue weighted by Crippen LogP contribution is -2.48. The Balaban J connectivity index is 2.05. The fourth-order valence-electron chi connectivity index (χ4n) is 2.47. The van der Waals surface area contributed by atoms with Gasteiger partial charge in [-0.1, -0.05) is 13.3 Å². The molecule has 0 saturated carbocycles. The number of Topliss-reactive ketones (excluding diaryl/α,β-unsaturated/α-hetero) is 1. The zero-order valence-corrected chi connectivity index (χ0v) is 10.5. The molecule has 1 N–H and O–H groups in total. The molecule has 2 rings (SSSR count). The van der Waals surface area contributed by atoms with Gasteiger partial charge in [0.05, 0.1) is 17.0 Å². The summed E-state index contributed by atoms with van der Waals surface area (Å²) in [7, 11) is 0. The van der Waals surface area contributed by atoms with Crippen LogP contribution in [0.3, 0.4) is 0 Å². The first-order chi connectivity index (χ1) is 7.77. The zero-order valence-electron chi connectivity index (χ0n) is 9.66. The van der Waals surface area contributed by atoms with Gasteiger partial charge >= 0.3 is 0 Å². The number of ketones is 1. The molecule has 1 unspecified atom stereocenters. The Hall–Kier alpha value is -0.740. The van der Waals surface area contributed by atoms with Crippen molar-refractivity contribution in [3.63, 3.8) is 0 Å². The van der Waals surface area contributed by atoms with Crippen LogP contribution in [-0.2, 0) is 11.2 Å². The van der Waals surface area contributed by atoms with Gasteiger partial charge in [0, 0.05) is 11.6 Å². The number of carbonyl (C=O) groups excluding carboxylic acids is 1. The van der Waals surface area contributed by atoms with Crippen molar-refractivity contribution in [3.8, 4) is 0 Å². The molecule has 16 heavy (non-hydrogen) atoms. The van der Waals surface area contributed by atoms with Crippen LogP contribution in [0.2, 0.25) is 0 Å². The molecule has 0 amide bonds. The first kappa shape index (κ1) is 11.7. The third-order valence-corrected chi connectivity index (χ3v) is 4.03. The molecule has 1 aliphatic rings. The highest BCUT2D eigenvalue weighted by Gasteiger charge is 2.39. The molecule has 88 valence electrons. The van der Waals surface area contributed by atoms with Crippen molar-refractivity contribution in [1.82, 2.24) is 10.3 Å². The van der Waals surface area contributed by atoms with Crippen molar-refractivity contribution in [2.45, 2.75) is 44.6 Å². The summed E-state index contributed by atoms with van der Waals surface area (Å²) < 4.78 is 0. The maximum absolute atomic E-state index is 12.3. The fraction of sp³-hybridized carbons (Fsp3) is 0.667. The van der Waals surface area contributed by atoms with Crippen LogP contribution in [0.5, 0.6) is 0 Å². The molecular weight excluding hydrogens is 220 g/mol. The number of nitrogens with zero attached hydrogens (tertiary/aromatic N) is 1. The van der Waals surface area contributed by atoms with Crippen molar-refractivity contribution in [2.24, 2.45) is 0 Å². The van der Waals surface area contributed by atoms with E-state index >= 15 is 0 Å². The first-order valence-electron chi connectivity index (χ1n) is 5.93. The second kappa shape index (κ2) is 5.06. The Kier molecular flexibility index (Phi) is 3.71. The number of nitrogens with one attached hydrogen (secondary N) is 1. The van der Waals surface area contributed by atoms with E-state index in [0.29, 0.717) is 12.2 Å². The minimum Gasteiger partial charge on any atom is -0.305 e. The van der Waals surface area contributed by atoms with Crippen LogP contribution in [0.15, 0.2) is 11.6 Å². The topological polar surface area (TPSA) is 42.0 Å². The summed E-state index contributed by atoms with van der Waals surface area (Å²) in [6.45, 7) is 3.11. The lowest BCUT2D eigenvalue weighted by Gasteiger charge is -2.27. The van der Waals surface area contributed by atoms with Crippen LogP contribution in [0, 0.1) is 0 Å². The Labute approximate surface area is 100 Å². The summed E-state index contributed by atoms with van der Waals surface area (Å²) in [4.78, 5) is 16.5. The third kappa shape index (κ3) is 2.33. The van der Waals surface area contributed by atoms with E-state index < -0.39 is 0 Å². The first-order valence-corrected chi connectivity index (χ1v) is 6.81. The molecule has 0 aliphatic carbocycles. The molecule has 0 aromatic carbocycles. The lowest BCUT2D eigenvalue weighted by molar-refractivity contribution is -0.124. The Morgan fingerprint density at radius 3 is 3.12 bits per heavy atom. The number of aromatic nitrogens is 1. The summed E-state index contributed by atoms with van der Waals surface area (Å²) in [6, 6.07) is 0. The fourth-order valence-corrected chi connectivity index (χ4v) is 3.09. The molecule has 1 atom stereocenters. The summed E-state index contributed by atoms with van der Waals surface area (Å²) in [6.07, 6.45) is 6.37. The molecule has 1 saturated heterocycles. The Morgan fingerprint density at radius 2 is 2.56 bits per heavy atom. The third-order valence-electron chi connectivity index (χ3n) is 3.25. The average Bonchev–Trinajstić information content (AvgIpc) is 2.89. The van der Waals surface area contributed by atoms with Crippen molar-refractivity contribution in [3.05, 3.63) is 16.6 Å². The Morgan fingerprint density at radius 1 is 1.69 bits per heavy atom. The van der Waals surface area contributed by atoms with Crippen molar-refractivity contribution < 1.29 is 4.79 Å². The van der Waals surface area contributed by atoms with Crippen LogP contribution in [0.1, 0.15) is 37.6 Å². The van der Waals surface area contributed by atoms with E-state index in [4.69, 9.17) is 0 Å². The van der Waals surface area contributed by atoms with E-state index in [0.717, 1.165) is 37.2 Å². The molecule has 0 spiro atoms. The van der Waals surface area contributed by atoms with E-state index in [1.165, 1.54) is 0 Å². The number of hydrogen-bond donors (Lipinski definition) is 1. The minimum atomic E-state index is -0.250. The molecule has 2 heterocycles. The van der Waals surface area contributed by atoms with Crippen LogP contribution in [0.4, 0.5) is 0 Å². The van der Waals surface area contributed by atoms with E-state index in [1.54, 1.807) is 17.5 Å². The second-order valence-electron chi connectivity index (χ2n) is 4.39. The molecule has 3 nitrogen and oxygen atoms in total. The van der Waals surface area contributed by atoms with Gasteiger partial charge < -0.3 is 5.32 Å². The smallest absolute Gasteiger partial charge is 0.159 e.